The van der Waals surface area contributed by atoms with E-state index in [1.54, 1.807) is 6.08 Å². The molecular formula is C20H23N3O3. The Balaban J connectivity index is 1.89. The van der Waals surface area contributed by atoms with Crippen molar-refractivity contribution in [1.82, 2.24) is 15.1 Å². The molecule has 0 saturated heterocycles. The lowest BCUT2D eigenvalue weighted by Crippen LogP contribution is -2.41. The van der Waals surface area contributed by atoms with Crippen molar-refractivity contribution in [2.24, 2.45) is 0 Å². The van der Waals surface area contributed by atoms with Crippen LogP contribution in [0.15, 0.2) is 36.9 Å². The number of amides is 1. The van der Waals surface area contributed by atoms with E-state index in [1.165, 1.54) is 0 Å². The molecule has 2 aromatic rings. The van der Waals surface area contributed by atoms with E-state index in [2.05, 4.69) is 17.0 Å². The Bertz CT molecular complexity index is 837. The number of allylic oxidation sites excluding steroid dienone is 1. The SMILES string of the molecule is C=CCCC(NC(=O)c1nn(-c2ccc(C)cc2)c2c1CCC2)C(=O)O. The van der Waals surface area contributed by atoms with Crippen LogP contribution in [-0.4, -0.2) is 32.8 Å². The van der Waals surface area contributed by atoms with Gasteiger partial charge in [0, 0.05) is 11.3 Å². The highest BCUT2D eigenvalue weighted by Crippen LogP contribution is 2.28. The highest BCUT2D eigenvalue weighted by Gasteiger charge is 2.29. The zero-order valence-corrected chi connectivity index (χ0v) is 14.9. The number of carbonyl (C=O) groups excluding carboxylic acids is 1. The second-order valence-corrected chi connectivity index (χ2v) is 6.61. The number of carboxylic acids is 1. The van der Waals surface area contributed by atoms with Gasteiger partial charge >= 0.3 is 5.97 Å². The Labute approximate surface area is 152 Å². The molecule has 3 rings (SSSR count). The first kappa shape index (κ1) is 17.9. The molecule has 6 heteroatoms. The fourth-order valence-electron chi connectivity index (χ4n) is 3.29. The first-order valence-electron chi connectivity index (χ1n) is 8.83. The van der Waals surface area contributed by atoms with E-state index < -0.39 is 17.9 Å². The minimum atomic E-state index is -1.05. The molecule has 0 spiro atoms. The van der Waals surface area contributed by atoms with Gasteiger partial charge in [-0.05, 0) is 51.2 Å². The Morgan fingerprint density at radius 3 is 2.73 bits per heavy atom. The number of aliphatic carboxylic acids is 1. The van der Waals surface area contributed by atoms with E-state index in [-0.39, 0.29) is 0 Å². The first-order chi connectivity index (χ1) is 12.5. The predicted molar refractivity (Wildman–Crippen MR) is 98.6 cm³/mol. The lowest BCUT2D eigenvalue weighted by molar-refractivity contribution is -0.139. The summed E-state index contributed by atoms with van der Waals surface area (Å²) in [4.78, 5) is 24.1. The molecule has 1 unspecified atom stereocenters. The number of aryl methyl sites for hydroxylation is 1. The van der Waals surface area contributed by atoms with Crippen LogP contribution >= 0.6 is 0 Å². The van der Waals surface area contributed by atoms with Gasteiger partial charge in [0.25, 0.3) is 5.91 Å². The van der Waals surface area contributed by atoms with Crippen LogP contribution in [0.3, 0.4) is 0 Å². The molecule has 1 aliphatic rings. The molecule has 1 aliphatic carbocycles. The average Bonchev–Trinajstić information content (AvgIpc) is 3.21. The zero-order valence-electron chi connectivity index (χ0n) is 14.9. The maximum absolute atomic E-state index is 12.7. The van der Waals surface area contributed by atoms with E-state index in [4.69, 9.17) is 0 Å². The number of fused-ring (bicyclic) bond motifs is 1. The van der Waals surface area contributed by atoms with Gasteiger partial charge in [-0.3, -0.25) is 4.79 Å². The second kappa shape index (κ2) is 7.56. The molecule has 6 nitrogen and oxygen atoms in total. The van der Waals surface area contributed by atoms with Crippen LogP contribution < -0.4 is 5.32 Å². The minimum absolute atomic E-state index is 0.311. The van der Waals surface area contributed by atoms with Gasteiger partial charge in [0.15, 0.2) is 5.69 Å². The number of rotatable bonds is 7. The Hall–Kier alpha value is -2.89. The van der Waals surface area contributed by atoms with Gasteiger partial charge in [-0.15, -0.1) is 6.58 Å². The Morgan fingerprint density at radius 2 is 2.08 bits per heavy atom. The highest BCUT2D eigenvalue weighted by atomic mass is 16.4. The Kier molecular flexibility index (Phi) is 5.21. The van der Waals surface area contributed by atoms with Crippen molar-refractivity contribution < 1.29 is 14.7 Å². The number of hydrogen-bond acceptors (Lipinski definition) is 3. The van der Waals surface area contributed by atoms with Gasteiger partial charge < -0.3 is 10.4 Å². The van der Waals surface area contributed by atoms with Gasteiger partial charge in [0.1, 0.15) is 6.04 Å². The fourth-order valence-corrected chi connectivity index (χ4v) is 3.29. The molecule has 26 heavy (non-hydrogen) atoms. The second-order valence-electron chi connectivity index (χ2n) is 6.61. The van der Waals surface area contributed by atoms with Crippen LogP contribution in [0.5, 0.6) is 0 Å². The van der Waals surface area contributed by atoms with Crippen LogP contribution in [0, 0.1) is 6.92 Å². The summed E-state index contributed by atoms with van der Waals surface area (Å²) >= 11 is 0. The number of nitrogens with one attached hydrogen (secondary N) is 1. The summed E-state index contributed by atoms with van der Waals surface area (Å²) in [6.07, 6.45) is 5.10. The number of nitrogens with zero attached hydrogens (tertiary/aromatic N) is 2. The largest absolute Gasteiger partial charge is 0.480 e. The van der Waals surface area contributed by atoms with Crippen LogP contribution in [0.1, 0.15) is 46.6 Å². The number of carbonyl (C=O) groups is 2. The summed E-state index contributed by atoms with van der Waals surface area (Å²) in [6, 6.07) is 7.03. The topological polar surface area (TPSA) is 84.2 Å². The van der Waals surface area contributed by atoms with Gasteiger partial charge in [0.05, 0.1) is 5.69 Å². The van der Waals surface area contributed by atoms with E-state index in [0.717, 1.165) is 41.8 Å². The van der Waals surface area contributed by atoms with Crippen molar-refractivity contribution in [3.63, 3.8) is 0 Å². The minimum Gasteiger partial charge on any atom is -0.480 e. The van der Waals surface area contributed by atoms with Crippen molar-refractivity contribution in [2.45, 2.75) is 45.1 Å². The predicted octanol–water partition coefficient (Wildman–Crippen LogP) is 2.82. The van der Waals surface area contributed by atoms with Crippen LogP contribution in [-0.2, 0) is 17.6 Å². The third-order valence-corrected chi connectivity index (χ3v) is 4.69. The summed E-state index contributed by atoms with van der Waals surface area (Å²) in [5.74, 6) is -1.47. The molecule has 2 N–H and O–H groups in total. The summed E-state index contributed by atoms with van der Waals surface area (Å²) in [6.45, 7) is 5.62. The number of hydrogen-bond donors (Lipinski definition) is 2. The average molecular weight is 353 g/mol. The smallest absolute Gasteiger partial charge is 0.326 e. The molecule has 1 atom stereocenters. The highest BCUT2D eigenvalue weighted by molar-refractivity contribution is 5.96. The number of carboxylic acid groups (broad SMARTS) is 1. The molecule has 1 heterocycles. The maximum atomic E-state index is 12.7. The van der Waals surface area contributed by atoms with Gasteiger partial charge in [-0.1, -0.05) is 23.8 Å². The standard InChI is InChI=1S/C20H23N3O3/c1-3-4-7-16(20(25)26)21-19(24)18-15-6-5-8-17(15)23(22-18)14-11-9-13(2)10-12-14/h3,9-12,16H,1,4-8H2,2H3,(H,21,24)(H,25,26). The molecule has 1 amide bonds. The van der Waals surface area contributed by atoms with Crippen molar-refractivity contribution >= 4 is 11.9 Å². The third kappa shape index (κ3) is 3.54. The van der Waals surface area contributed by atoms with Crippen molar-refractivity contribution in [1.29, 1.82) is 0 Å². The van der Waals surface area contributed by atoms with Crippen molar-refractivity contribution in [2.75, 3.05) is 0 Å². The number of benzene rings is 1. The van der Waals surface area contributed by atoms with Crippen LogP contribution in [0.25, 0.3) is 5.69 Å². The monoisotopic (exact) mass is 353 g/mol. The summed E-state index contributed by atoms with van der Waals surface area (Å²) in [7, 11) is 0. The molecule has 0 saturated carbocycles. The maximum Gasteiger partial charge on any atom is 0.326 e. The van der Waals surface area contributed by atoms with Gasteiger partial charge in [-0.2, -0.15) is 5.10 Å². The molecule has 0 bridgehead atoms. The van der Waals surface area contributed by atoms with Gasteiger partial charge in [0.2, 0.25) is 0 Å². The lowest BCUT2D eigenvalue weighted by atomic mass is 10.1. The van der Waals surface area contributed by atoms with E-state index >= 15 is 0 Å². The molecule has 0 fully saturated rings. The summed E-state index contributed by atoms with van der Waals surface area (Å²) in [5.41, 5.74) is 4.37. The summed E-state index contributed by atoms with van der Waals surface area (Å²) < 4.78 is 1.82. The van der Waals surface area contributed by atoms with Crippen molar-refractivity contribution in [3.05, 3.63) is 59.4 Å². The molecule has 1 aromatic heterocycles. The van der Waals surface area contributed by atoms with E-state index in [1.807, 2.05) is 35.9 Å². The van der Waals surface area contributed by atoms with E-state index in [9.17, 15) is 14.7 Å². The summed E-state index contributed by atoms with van der Waals surface area (Å²) in [5, 5.41) is 16.4. The third-order valence-electron chi connectivity index (χ3n) is 4.69. The zero-order chi connectivity index (χ0) is 18.7. The normalized spacial score (nSPS) is 13.9. The molecule has 136 valence electrons. The molecule has 1 aromatic carbocycles. The number of aromatic nitrogens is 2. The van der Waals surface area contributed by atoms with Gasteiger partial charge in [-0.25, -0.2) is 9.48 Å². The molecular weight excluding hydrogens is 330 g/mol. The lowest BCUT2D eigenvalue weighted by Gasteiger charge is -2.13. The van der Waals surface area contributed by atoms with Crippen molar-refractivity contribution in [3.8, 4) is 5.69 Å². The fraction of sp³-hybridized carbons (Fsp3) is 0.350. The quantitative estimate of drug-likeness (QED) is 0.750. The first-order valence-corrected chi connectivity index (χ1v) is 8.83. The van der Waals surface area contributed by atoms with Crippen LogP contribution in [0.4, 0.5) is 0 Å². The molecule has 0 radical (unpaired) electrons. The molecule has 0 aliphatic heterocycles. The van der Waals surface area contributed by atoms with E-state index in [0.29, 0.717) is 18.5 Å². The van der Waals surface area contributed by atoms with Crippen LogP contribution in [0.2, 0.25) is 0 Å². The Morgan fingerprint density at radius 1 is 1.35 bits per heavy atom.